The van der Waals surface area contributed by atoms with E-state index in [4.69, 9.17) is 0 Å². The number of hydrogen-bond donors (Lipinski definition) is 1. The van der Waals surface area contributed by atoms with E-state index in [0.29, 0.717) is 13.1 Å². The summed E-state index contributed by atoms with van der Waals surface area (Å²) in [5.41, 5.74) is 0.432. The zero-order valence-electron chi connectivity index (χ0n) is 10.2. The summed E-state index contributed by atoms with van der Waals surface area (Å²) in [5.74, 6) is 0. The van der Waals surface area contributed by atoms with E-state index in [1.807, 2.05) is 5.38 Å². The number of nitrogens with one attached hydrogen (secondary N) is 1. The molecule has 0 aliphatic rings. The standard InChI is InChI=1S/C12H14F3N3S/c13-12(14,15)11-2-6-18(17-11)7-5-16-4-1-10-3-8-19-9-10/h2-3,6,8-9,16H,1,4-5,7H2. The molecule has 0 radical (unpaired) electrons. The van der Waals surface area contributed by atoms with E-state index >= 15 is 0 Å². The predicted octanol–water partition coefficient (Wildman–Crippen LogP) is 2.80. The van der Waals surface area contributed by atoms with E-state index in [1.165, 1.54) is 16.4 Å². The maximum Gasteiger partial charge on any atom is 0.435 e. The summed E-state index contributed by atoms with van der Waals surface area (Å²) in [6, 6.07) is 3.06. The second kappa shape index (κ2) is 6.21. The van der Waals surface area contributed by atoms with Crippen molar-refractivity contribution in [2.75, 3.05) is 13.1 Å². The van der Waals surface area contributed by atoms with E-state index in [1.54, 1.807) is 11.3 Å². The minimum Gasteiger partial charge on any atom is -0.315 e. The van der Waals surface area contributed by atoms with E-state index < -0.39 is 11.9 Å². The van der Waals surface area contributed by atoms with Crippen molar-refractivity contribution in [1.29, 1.82) is 0 Å². The number of rotatable bonds is 6. The fourth-order valence-corrected chi connectivity index (χ4v) is 2.33. The molecule has 0 atom stereocenters. The molecule has 0 aliphatic carbocycles. The van der Waals surface area contributed by atoms with Crippen LogP contribution in [-0.4, -0.2) is 22.9 Å². The third-order valence-electron chi connectivity index (χ3n) is 2.62. The molecule has 0 bridgehead atoms. The average molecular weight is 289 g/mol. The molecule has 0 fully saturated rings. The lowest BCUT2D eigenvalue weighted by Gasteiger charge is -2.05. The molecule has 0 saturated heterocycles. The van der Waals surface area contributed by atoms with E-state index in [-0.39, 0.29) is 0 Å². The maximum atomic E-state index is 12.3. The highest BCUT2D eigenvalue weighted by Crippen LogP contribution is 2.27. The van der Waals surface area contributed by atoms with Gasteiger partial charge in [0.2, 0.25) is 0 Å². The first kappa shape index (κ1) is 14.1. The molecule has 0 saturated carbocycles. The molecule has 2 heterocycles. The van der Waals surface area contributed by atoms with Crippen LogP contribution in [0.25, 0.3) is 0 Å². The van der Waals surface area contributed by atoms with Crippen molar-refractivity contribution < 1.29 is 13.2 Å². The topological polar surface area (TPSA) is 29.9 Å². The smallest absolute Gasteiger partial charge is 0.315 e. The predicted molar refractivity (Wildman–Crippen MR) is 68.1 cm³/mol. The zero-order valence-corrected chi connectivity index (χ0v) is 11.0. The molecule has 0 amide bonds. The Labute approximate surface area is 113 Å². The number of halogens is 3. The van der Waals surface area contributed by atoms with E-state index in [0.717, 1.165) is 19.0 Å². The van der Waals surface area contributed by atoms with E-state index in [9.17, 15) is 13.2 Å². The van der Waals surface area contributed by atoms with Gasteiger partial charge in [-0.15, -0.1) is 0 Å². The van der Waals surface area contributed by atoms with Crippen LogP contribution in [0.15, 0.2) is 29.1 Å². The summed E-state index contributed by atoms with van der Waals surface area (Å²) in [4.78, 5) is 0. The minimum atomic E-state index is -4.36. The van der Waals surface area contributed by atoms with E-state index in [2.05, 4.69) is 21.9 Å². The molecular weight excluding hydrogens is 275 g/mol. The fourth-order valence-electron chi connectivity index (χ4n) is 1.62. The second-order valence-corrected chi connectivity index (χ2v) is 4.87. The molecule has 0 unspecified atom stereocenters. The van der Waals surface area contributed by atoms with Gasteiger partial charge in [-0.2, -0.15) is 29.6 Å². The summed E-state index contributed by atoms with van der Waals surface area (Å²) in [7, 11) is 0. The monoisotopic (exact) mass is 289 g/mol. The third kappa shape index (κ3) is 4.36. The Morgan fingerprint density at radius 1 is 1.26 bits per heavy atom. The molecule has 2 aromatic heterocycles. The van der Waals surface area contributed by atoms with Crippen molar-refractivity contribution in [2.24, 2.45) is 0 Å². The molecule has 0 spiro atoms. The van der Waals surface area contributed by atoms with Crippen molar-refractivity contribution in [2.45, 2.75) is 19.1 Å². The van der Waals surface area contributed by atoms with Crippen molar-refractivity contribution in [3.8, 4) is 0 Å². The Bertz CT molecular complexity index is 491. The fraction of sp³-hybridized carbons (Fsp3) is 0.417. The third-order valence-corrected chi connectivity index (χ3v) is 3.35. The van der Waals surface area contributed by atoms with Gasteiger partial charge in [0.1, 0.15) is 0 Å². The Balaban J connectivity index is 1.67. The van der Waals surface area contributed by atoms with Gasteiger partial charge in [0, 0.05) is 12.7 Å². The van der Waals surface area contributed by atoms with Crippen LogP contribution in [0.2, 0.25) is 0 Å². The number of nitrogens with zero attached hydrogens (tertiary/aromatic N) is 2. The van der Waals surface area contributed by atoms with Crippen LogP contribution in [0.3, 0.4) is 0 Å². The van der Waals surface area contributed by atoms with Gasteiger partial charge in [-0.1, -0.05) is 0 Å². The summed E-state index contributed by atoms with van der Waals surface area (Å²) >= 11 is 1.66. The van der Waals surface area contributed by atoms with Gasteiger partial charge in [-0.3, -0.25) is 4.68 Å². The Morgan fingerprint density at radius 3 is 2.74 bits per heavy atom. The van der Waals surface area contributed by atoms with Gasteiger partial charge in [-0.05, 0) is 41.4 Å². The van der Waals surface area contributed by atoms with Crippen LogP contribution >= 0.6 is 11.3 Å². The highest BCUT2D eigenvalue weighted by Gasteiger charge is 2.33. The van der Waals surface area contributed by atoms with Crippen LogP contribution < -0.4 is 5.32 Å². The van der Waals surface area contributed by atoms with Gasteiger partial charge < -0.3 is 5.32 Å². The minimum absolute atomic E-state index is 0.430. The largest absolute Gasteiger partial charge is 0.435 e. The van der Waals surface area contributed by atoms with Gasteiger partial charge in [-0.25, -0.2) is 0 Å². The molecule has 2 rings (SSSR count). The molecule has 0 aromatic carbocycles. The lowest BCUT2D eigenvalue weighted by Crippen LogP contribution is -2.22. The molecule has 19 heavy (non-hydrogen) atoms. The molecule has 104 valence electrons. The molecule has 3 nitrogen and oxygen atoms in total. The molecule has 1 N–H and O–H groups in total. The van der Waals surface area contributed by atoms with Crippen molar-refractivity contribution in [1.82, 2.24) is 15.1 Å². The highest BCUT2D eigenvalue weighted by molar-refractivity contribution is 7.07. The van der Waals surface area contributed by atoms with Gasteiger partial charge in [0.15, 0.2) is 5.69 Å². The van der Waals surface area contributed by atoms with Gasteiger partial charge in [0.05, 0.1) is 6.54 Å². The first-order chi connectivity index (χ1) is 9.05. The Morgan fingerprint density at radius 2 is 2.11 bits per heavy atom. The van der Waals surface area contributed by atoms with Gasteiger partial charge >= 0.3 is 6.18 Å². The summed E-state index contributed by atoms with van der Waals surface area (Å²) in [5, 5.41) is 10.8. The van der Waals surface area contributed by atoms with Gasteiger partial charge in [0.25, 0.3) is 0 Å². The molecule has 2 aromatic rings. The normalized spacial score (nSPS) is 11.9. The lowest BCUT2D eigenvalue weighted by atomic mass is 10.2. The quantitative estimate of drug-likeness (QED) is 0.829. The van der Waals surface area contributed by atoms with Crippen molar-refractivity contribution >= 4 is 11.3 Å². The number of hydrogen-bond acceptors (Lipinski definition) is 3. The number of thiophene rings is 1. The van der Waals surface area contributed by atoms with Crippen molar-refractivity contribution in [3.05, 3.63) is 40.3 Å². The van der Waals surface area contributed by atoms with Crippen LogP contribution in [0.5, 0.6) is 0 Å². The lowest BCUT2D eigenvalue weighted by molar-refractivity contribution is -0.141. The van der Waals surface area contributed by atoms with Crippen molar-refractivity contribution in [3.63, 3.8) is 0 Å². The molecule has 0 aliphatic heterocycles. The molecule has 7 heteroatoms. The van der Waals surface area contributed by atoms with Crippen LogP contribution in [-0.2, 0) is 19.1 Å². The summed E-state index contributed by atoms with van der Waals surface area (Å²) < 4.78 is 38.2. The Hall–Kier alpha value is -1.34. The first-order valence-corrected chi connectivity index (χ1v) is 6.82. The number of aromatic nitrogens is 2. The Kier molecular flexibility index (Phi) is 4.60. The molecular formula is C12H14F3N3S. The van der Waals surface area contributed by atoms with Crippen LogP contribution in [0, 0.1) is 0 Å². The average Bonchev–Trinajstić information content (AvgIpc) is 2.97. The number of alkyl halides is 3. The maximum absolute atomic E-state index is 12.3. The summed E-state index contributed by atoms with van der Waals surface area (Å²) in [6.07, 6.45) is -2.09. The summed E-state index contributed by atoms with van der Waals surface area (Å²) in [6.45, 7) is 1.84. The zero-order chi connectivity index (χ0) is 13.7. The SMILES string of the molecule is FC(F)(F)c1ccn(CCNCCc2ccsc2)n1. The highest BCUT2D eigenvalue weighted by atomic mass is 32.1. The van der Waals surface area contributed by atoms with Crippen LogP contribution in [0.4, 0.5) is 13.2 Å². The second-order valence-electron chi connectivity index (χ2n) is 4.09. The van der Waals surface area contributed by atoms with Crippen LogP contribution in [0.1, 0.15) is 11.3 Å². The first-order valence-electron chi connectivity index (χ1n) is 5.88.